The number of thioether (sulfide) groups is 1. The van der Waals surface area contributed by atoms with Gasteiger partial charge in [0.1, 0.15) is 0 Å². The third-order valence-corrected chi connectivity index (χ3v) is 4.45. The molecule has 0 radical (unpaired) electrons. The van der Waals surface area contributed by atoms with Crippen molar-refractivity contribution in [2.24, 2.45) is 0 Å². The number of halogens is 1. The third kappa shape index (κ3) is 4.11. The van der Waals surface area contributed by atoms with Crippen LogP contribution in [0.2, 0.25) is 5.02 Å². The molecule has 116 valence electrons. The molecule has 1 aromatic heterocycles. The highest BCUT2D eigenvalue weighted by atomic mass is 35.5. The lowest BCUT2D eigenvalue weighted by Gasteiger charge is -2.07. The van der Waals surface area contributed by atoms with Crippen molar-refractivity contribution in [1.82, 2.24) is 9.97 Å². The Morgan fingerprint density at radius 3 is 2.73 bits per heavy atom. The molecule has 1 aromatic carbocycles. The Hall–Kier alpha value is -1.79. The predicted octanol–water partition coefficient (Wildman–Crippen LogP) is 3.08. The Bertz CT molecular complexity index is 774. The second-order valence-corrected chi connectivity index (χ2v) is 6.25. The number of hydrogen-bond acceptors (Lipinski definition) is 4. The normalized spacial score (nSPS) is 10.5. The van der Waals surface area contributed by atoms with Gasteiger partial charge in [-0.1, -0.05) is 29.4 Å². The van der Waals surface area contributed by atoms with E-state index in [2.05, 4.69) is 15.3 Å². The van der Waals surface area contributed by atoms with Crippen LogP contribution in [0.15, 0.2) is 28.2 Å². The Balaban J connectivity index is 1.98. The summed E-state index contributed by atoms with van der Waals surface area (Å²) in [6.45, 7) is 5.37. The zero-order valence-electron chi connectivity index (χ0n) is 12.5. The number of aryl methyl sites for hydroxylation is 2. The molecule has 0 saturated heterocycles. The lowest BCUT2D eigenvalue weighted by molar-refractivity contribution is -0.113. The van der Waals surface area contributed by atoms with Crippen LogP contribution in [0.1, 0.15) is 16.8 Å². The highest BCUT2D eigenvalue weighted by molar-refractivity contribution is 7.99. The minimum Gasteiger partial charge on any atom is -0.325 e. The number of aromatic nitrogens is 2. The summed E-state index contributed by atoms with van der Waals surface area (Å²) in [6.07, 6.45) is 0. The van der Waals surface area contributed by atoms with Gasteiger partial charge in [0.15, 0.2) is 5.16 Å². The van der Waals surface area contributed by atoms with Crippen LogP contribution in [0.5, 0.6) is 0 Å². The van der Waals surface area contributed by atoms with E-state index in [1.54, 1.807) is 26.0 Å². The average Bonchev–Trinajstić information content (AvgIpc) is 2.46. The maximum absolute atomic E-state index is 11.9. The molecule has 0 bridgehead atoms. The molecule has 0 spiro atoms. The molecule has 2 N–H and O–H groups in total. The van der Waals surface area contributed by atoms with Crippen LogP contribution >= 0.6 is 23.4 Å². The summed E-state index contributed by atoms with van der Waals surface area (Å²) < 4.78 is 0. The van der Waals surface area contributed by atoms with Gasteiger partial charge in [0, 0.05) is 22.0 Å². The average molecular weight is 338 g/mol. The van der Waals surface area contributed by atoms with Gasteiger partial charge in [0.2, 0.25) is 5.91 Å². The van der Waals surface area contributed by atoms with Gasteiger partial charge in [-0.25, -0.2) is 4.98 Å². The van der Waals surface area contributed by atoms with E-state index in [0.29, 0.717) is 27.1 Å². The van der Waals surface area contributed by atoms with Gasteiger partial charge in [-0.15, -0.1) is 0 Å². The lowest BCUT2D eigenvalue weighted by atomic mass is 10.2. The minimum absolute atomic E-state index is 0.150. The Morgan fingerprint density at radius 2 is 2.09 bits per heavy atom. The third-order valence-electron chi connectivity index (χ3n) is 3.17. The van der Waals surface area contributed by atoms with Crippen molar-refractivity contribution in [3.8, 4) is 0 Å². The van der Waals surface area contributed by atoms with Gasteiger partial charge < -0.3 is 10.3 Å². The van der Waals surface area contributed by atoms with Crippen molar-refractivity contribution in [3.05, 3.63) is 50.4 Å². The van der Waals surface area contributed by atoms with Gasteiger partial charge >= 0.3 is 0 Å². The van der Waals surface area contributed by atoms with E-state index in [1.807, 2.05) is 13.0 Å². The Labute approximate surface area is 137 Å². The van der Waals surface area contributed by atoms with E-state index in [0.717, 1.165) is 5.56 Å². The fourth-order valence-electron chi connectivity index (χ4n) is 1.69. The highest BCUT2D eigenvalue weighted by Crippen LogP contribution is 2.20. The fourth-order valence-corrected chi connectivity index (χ4v) is 2.58. The first-order chi connectivity index (χ1) is 10.4. The monoisotopic (exact) mass is 337 g/mol. The molecule has 0 fully saturated rings. The van der Waals surface area contributed by atoms with Crippen molar-refractivity contribution < 1.29 is 4.79 Å². The van der Waals surface area contributed by atoms with Gasteiger partial charge in [-0.05, 0) is 38.5 Å². The van der Waals surface area contributed by atoms with Crippen LogP contribution in [0.4, 0.5) is 5.69 Å². The number of hydrogen-bond donors (Lipinski definition) is 2. The number of aromatic amines is 1. The predicted molar refractivity (Wildman–Crippen MR) is 89.9 cm³/mol. The van der Waals surface area contributed by atoms with Crippen molar-refractivity contribution in [3.63, 3.8) is 0 Å². The number of nitrogens with zero attached hydrogens (tertiary/aromatic N) is 1. The Morgan fingerprint density at radius 1 is 1.36 bits per heavy atom. The molecule has 22 heavy (non-hydrogen) atoms. The van der Waals surface area contributed by atoms with Gasteiger partial charge in [-0.3, -0.25) is 9.59 Å². The lowest BCUT2D eigenvalue weighted by Crippen LogP contribution is -2.17. The fraction of sp³-hybridized carbons (Fsp3) is 0.267. The number of H-pyrrole nitrogens is 1. The number of anilines is 1. The first-order valence-corrected chi connectivity index (χ1v) is 7.99. The molecule has 0 aliphatic carbocycles. The molecular formula is C15H16ClN3O2S. The molecular weight excluding hydrogens is 322 g/mol. The standard InChI is InChI=1S/C15H16ClN3O2S/c1-8-4-5-11(6-12(8)16)18-13(20)7-22-15-17-10(3)9(2)14(21)19-15/h4-6H,7H2,1-3H3,(H,18,20)(H,17,19,21). The van der Waals surface area contributed by atoms with Crippen LogP contribution in [-0.2, 0) is 4.79 Å². The van der Waals surface area contributed by atoms with Crippen molar-refractivity contribution in [2.45, 2.75) is 25.9 Å². The molecule has 2 rings (SSSR count). The molecule has 0 saturated carbocycles. The molecule has 0 aliphatic rings. The molecule has 2 aromatic rings. The number of amides is 1. The molecule has 7 heteroatoms. The maximum atomic E-state index is 11.9. The van der Waals surface area contributed by atoms with Crippen LogP contribution in [0.25, 0.3) is 0 Å². The van der Waals surface area contributed by atoms with Crippen molar-refractivity contribution in [1.29, 1.82) is 0 Å². The summed E-state index contributed by atoms with van der Waals surface area (Å²) >= 11 is 7.19. The first kappa shape index (κ1) is 16.6. The van der Waals surface area contributed by atoms with E-state index in [1.165, 1.54) is 11.8 Å². The topological polar surface area (TPSA) is 74.8 Å². The van der Waals surface area contributed by atoms with E-state index in [-0.39, 0.29) is 17.2 Å². The summed E-state index contributed by atoms with van der Waals surface area (Å²) in [6, 6.07) is 5.34. The number of carbonyl (C=O) groups is 1. The van der Waals surface area contributed by atoms with E-state index < -0.39 is 0 Å². The quantitative estimate of drug-likeness (QED) is 0.664. The van der Waals surface area contributed by atoms with Gasteiger partial charge in [0.25, 0.3) is 5.56 Å². The number of carbonyl (C=O) groups excluding carboxylic acids is 1. The van der Waals surface area contributed by atoms with Gasteiger partial charge in [0.05, 0.1) is 5.75 Å². The zero-order valence-corrected chi connectivity index (χ0v) is 14.1. The number of rotatable bonds is 4. The molecule has 5 nitrogen and oxygen atoms in total. The van der Waals surface area contributed by atoms with E-state index in [9.17, 15) is 9.59 Å². The molecule has 0 aliphatic heterocycles. The number of benzene rings is 1. The summed E-state index contributed by atoms with van der Waals surface area (Å²) in [7, 11) is 0. The molecule has 0 unspecified atom stereocenters. The summed E-state index contributed by atoms with van der Waals surface area (Å²) in [5, 5.41) is 3.79. The molecule has 1 amide bonds. The summed E-state index contributed by atoms with van der Waals surface area (Å²) in [5.74, 6) is -0.0393. The Kier molecular flexibility index (Phi) is 5.26. The zero-order chi connectivity index (χ0) is 16.3. The van der Waals surface area contributed by atoms with Crippen LogP contribution in [-0.4, -0.2) is 21.6 Å². The second kappa shape index (κ2) is 6.98. The smallest absolute Gasteiger partial charge is 0.254 e. The number of nitrogens with one attached hydrogen (secondary N) is 2. The van der Waals surface area contributed by atoms with Crippen LogP contribution in [0, 0.1) is 20.8 Å². The van der Waals surface area contributed by atoms with Gasteiger partial charge in [-0.2, -0.15) is 0 Å². The van der Waals surface area contributed by atoms with Crippen LogP contribution < -0.4 is 10.9 Å². The summed E-state index contributed by atoms with van der Waals surface area (Å²) in [4.78, 5) is 30.5. The van der Waals surface area contributed by atoms with Crippen molar-refractivity contribution >= 4 is 35.0 Å². The second-order valence-electron chi connectivity index (χ2n) is 4.88. The maximum Gasteiger partial charge on any atom is 0.254 e. The SMILES string of the molecule is Cc1ccc(NC(=O)CSc2nc(C)c(C)c(=O)[nH]2)cc1Cl. The first-order valence-electron chi connectivity index (χ1n) is 6.63. The van der Waals surface area contributed by atoms with E-state index in [4.69, 9.17) is 11.6 Å². The molecule has 0 atom stereocenters. The molecule has 1 heterocycles. The van der Waals surface area contributed by atoms with Crippen molar-refractivity contribution in [2.75, 3.05) is 11.1 Å². The van der Waals surface area contributed by atoms with Crippen LogP contribution in [0.3, 0.4) is 0 Å². The minimum atomic E-state index is -0.189. The summed E-state index contributed by atoms with van der Waals surface area (Å²) in [5.41, 5.74) is 2.66. The highest BCUT2D eigenvalue weighted by Gasteiger charge is 2.08. The van der Waals surface area contributed by atoms with E-state index >= 15 is 0 Å². The largest absolute Gasteiger partial charge is 0.325 e.